The fourth-order valence-electron chi connectivity index (χ4n) is 4.49. The lowest BCUT2D eigenvalue weighted by atomic mass is 9.64. The third-order valence-electron chi connectivity index (χ3n) is 5.74. The van der Waals surface area contributed by atoms with E-state index in [0.29, 0.717) is 15.7 Å². The Hall–Kier alpha value is -3.72. The molecular weight excluding hydrogens is 480 g/mol. The number of hydrogen-bond acceptors (Lipinski definition) is 7. The average molecular weight is 495 g/mol. The topological polar surface area (TPSA) is 125 Å². The number of hydrogen-bond donors (Lipinski definition) is 2. The molecule has 2 aromatic rings. The van der Waals surface area contributed by atoms with Gasteiger partial charge in [-0.1, -0.05) is 40.2 Å². The van der Waals surface area contributed by atoms with Crippen LogP contribution in [-0.4, -0.2) is 30.0 Å². The Labute approximate surface area is 190 Å². The Kier molecular flexibility index (Phi) is 4.35. The van der Waals surface area contributed by atoms with Gasteiger partial charge in [-0.2, -0.15) is 0 Å². The van der Waals surface area contributed by atoms with Crippen molar-refractivity contribution in [2.75, 3.05) is 11.9 Å². The molecule has 2 aromatic carbocycles. The van der Waals surface area contributed by atoms with E-state index in [0.717, 1.165) is 0 Å². The van der Waals surface area contributed by atoms with E-state index in [2.05, 4.69) is 21.2 Å². The highest BCUT2D eigenvalue weighted by Crippen LogP contribution is 2.54. The minimum Gasteiger partial charge on any atom is -0.462 e. The predicted molar refractivity (Wildman–Crippen MR) is 116 cm³/mol. The van der Waals surface area contributed by atoms with Crippen molar-refractivity contribution in [2.45, 2.75) is 12.3 Å². The lowest BCUT2D eigenvalue weighted by Crippen LogP contribution is -2.50. The van der Waals surface area contributed by atoms with Crippen LogP contribution in [0, 0.1) is 0 Å². The summed E-state index contributed by atoms with van der Waals surface area (Å²) in [5.74, 6) is -3.66. The van der Waals surface area contributed by atoms with Crippen LogP contribution in [0.4, 0.5) is 5.69 Å². The summed E-state index contributed by atoms with van der Waals surface area (Å²) in [7, 11) is 0. The second-order valence-corrected chi connectivity index (χ2v) is 8.28. The molecule has 3 aliphatic rings. The van der Waals surface area contributed by atoms with Crippen molar-refractivity contribution in [3.05, 3.63) is 86.4 Å². The van der Waals surface area contributed by atoms with Crippen LogP contribution in [0.3, 0.4) is 0 Å². The zero-order valence-corrected chi connectivity index (χ0v) is 18.2. The number of carbonyl (C=O) groups excluding carboxylic acids is 4. The normalized spacial score (nSPS) is 21.1. The number of amides is 1. The SMILES string of the molecule is CCOC(=O)C1=C(N)OC2=C(C(=O)c3ccccc3C2=O)C12C(=O)Nc1ccc(Br)cc12. The minimum absolute atomic E-state index is 0.000267. The number of ether oxygens (including phenoxy) is 2. The van der Waals surface area contributed by atoms with Gasteiger partial charge in [-0.3, -0.25) is 14.4 Å². The molecular formula is C23H15BrN2O6. The molecule has 0 saturated heterocycles. The molecule has 0 fully saturated rings. The number of anilines is 1. The van der Waals surface area contributed by atoms with Crippen molar-refractivity contribution in [3.8, 4) is 0 Å². The number of Topliss-reactive ketones (excluding diaryl/α,β-unsaturated/α-hetero) is 2. The maximum absolute atomic E-state index is 13.7. The van der Waals surface area contributed by atoms with Gasteiger partial charge in [0.2, 0.25) is 17.6 Å². The van der Waals surface area contributed by atoms with E-state index in [1.165, 1.54) is 12.1 Å². The van der Waals surface area contributed by atoms with Gasteiger partial charge in [-0.15, -0.1) is 0 Å². The maximum Gasteiger partial charge on any atom is 0.341 e. The number of fused-ring (bicyclic) bond motifs is 4. The highest BCUT2D eigenvalue weighted by Gasteiger charge is 2.63. The fourth-order valence-corrected chi connectivity index (χ4v) is 4.85. The van der Waals surface area contributed by atoms with Crippen LogP contribution >= 0.6 is 15.9 Å². The van der Waals surface area contributed by atoms with Gasteiger partial charge < -0.3 is 20.5 Å². The first kappa shape index (κ1) is 20.2. The molecule has 9 heteroatoms. The number of esters is 1. The Bertz CT molecular complexity index is 1340. The van der Waals surface area contributed by atoms with Gasteiger partial charge in [-0.25, -0.2) is 4.79 Å². The molecule has 160 valence electrons. The third kappa shape index (κ3) is 2.42. The van der Waals surface area contributed by atoms with Crippen LogP contribution in [0.5, 0.6) is 0 Å². The molecule has 8 nitrogen and oxygen atoms in total. The van der Waals surface area contributed by atoms with Crippen LogP contribution in [0.1, 0.15) is 33.2 Å². The predicted octanol–water partition coefficient (Wildman–Crippen LogP) is 2.74. The molecule has 2 aliphatic heterocycles. The highest BCUT2D eigenvalue weighted by atomic mass is 79.9. The zero-order valence-electron chi connectivity index (χ0n) is 16.7. The van der Waals surface area contributed by atoms with Crippen molar-refractivity contribution < 1.29 is 28.7 Å². The van der Waals surface area contributed by atoms with Gasteiger partial charge in [0.25, 0.3) is 0 Å². The molecule has 32 heavy (non-hydrogen) atoms. The van der Waals surface area contributed by atoms with Crippen molar-refractivity contribution in [1.82, 2.24) is 0 Å². The number of carbonyl (C=O) groups is 4. The van der Waals surface area contributed by atoms with Crippen molar-refractivity contribution >= 4 is 45.1 Å². The van der Waals surface area contributed by atoms with E-state index in [1.54, 1.807) is 37.3 Å². The molecule has 1 spiro atoms. The quantitative estimate of drug-likeness (QED) is 0.614. The van der Waals surface area contributed by atoms with Gasteiger partial charge in [0.05, 0.1) is 12.2 Å². The van der Waals surface area contributed by atoms with Crippen LogP contribution in [0.25, 0.3) is 0 Å². The summed E-state index contributed by atoms with van der Waals surface area (Å²) in [4.78, 5) is 53.7. The molecule has 3 N–H and O–H groups in total. The Morgan fingerprint density at radius 3 is 2.50 bits per heavy atom. The van der Waals surface area contributed by atoms with Crippen molar-refractivity contribution in [1.29, 1.82) is 0 Å². The first-order chi connectivity index (χ1) is 15.3. The van der Waals surface area contributed by atoms with Crippen molar-refractivity contribution in [2.24, 2.45) is 5.73 Å². The number of benzene rings is 2. The van der Waals surface area contributed by atoms with E-state index < -0.39 is 34.7 Å². The minimum atomic E-state index is -2.01. The summed E-state index contributed by atoms with van der Waals surface area (Å²) in [6.45, 7) is 1.60. The zero-order chi connectivity index (χ0) is 22.8. The second-order valence-electron chi connectivity index (χ2n) is 7.36. The number of halogens is 1. The van der Waals surface area contributed by atoms with Crippen LogP contribution in [0.15, 0.2) is 69.7 Å². The molecule has 0 radical (unpaired) electrons. The highest BCUT2D eigenvalue weighted by molar-refractivity contribution is 9.10. The molecule has 2 heterocycles. The van der Waals surface area contributed by atoms with E-state index >= 15 is 0 Å². The lowest BCUT2D eigenvalue weighted by molar-refractivity contribution is -0.140. The number of ketones is 2. The molecule has 0 bridgehead atoms. The lowest BCUT2D eigenvalue weighted by Gasteiger charge is -2.38. The van der Waals surface area contributed by atoms with Crippen LogP contribution in [-0.2, 0) is 24.5 Å². The smallest absolute Gasteiger partial charge is 0.341 e. The Morgan fingerprint density at radius 2 is 1.81 bits per heavy atom. The summed E-state index contributed by atoms with van der Waals surface area (Å²) in [6, 6.07) is 11.2. The average Bonchev–Trinajstić information content (AvgIpc) is 3.03. The van der Waals surface area contributed by atoms with Gasteiger partial charge in [0, 0.05) is 26.9 Å². The Balaban J connectivity index is 1.90. The van der Waals surface area contributed by atoms with Gasteiger partial charge in [-0.05, 0) is 25.1 Å². The molecule has 0 aromatic heterocycles. The molecule has 1 unspecified atom stereocenters. The number of nitrogens with two attached hydrogens (primary N) is 1. The Morgan fingerprint density at radius 1 is 1.12 bits per heavy atom. The summed E-state index contributed by atoms with van der Waals surface area (Å²) >= 11 is 3.38. The standard InChI is InChI=1S/C23H15BrN2O6/c1-2-31-21(29)16-20(25)32-19-15(17(27)11-5-3-4-6-12(11)18(19)28)23(16)13-9-10(24)7-8-14(13)26-22(23)30/h3-9H,2,25H2,1H3,(H,26,30). The molecule has 0 saturated carbocycles. The van der Waals surface area contributed by atoms with Crippen LogP contribution < -0.4 is 11.1 Å². The van der Waals surface area contributed by atoms with Gasteiger partial charge >= 0.3 is 5.97 Å². The molecule has 5 rings (SSSR count). The summed E-state index contributed by atoms with van der Waals surface area (Å²) in [5.41, 5.74) is 4.42. The first-order valence-electron chi connectivity index (χ1n) is 9.72. The van der Waals surface area contributed by atoms with E-state index in [9.17, 15) is 19.2 Å². The second kappa shape index (κ2) is 6.89. The fraction of sp³-hybridized carbons (Fsp3) is 0.130. The van der Waals surface area contributed by atoms with Crippen LogP contribution in [0.2, 0.25) is 0 Å². The first-order valence-corrected chi connectivity index (χ1v) is 10.5. The molecule has 1 aliphatic carbocycles. The summed E-state index contributed by atoms with van der Waals surface area (Å²) < 4.78 is 11.3. The number of rotatable bonds is 2. The van der Waals surface area contributed by atoms with Crippen molar-refractivity contribution in [3.63, 3.8) is 0 Å². The maximum atomic E-state index is 13.7. The van der Waals surface area contributed by atoms with Gasteiger partial charge in [0.1, 0.15) is 11.0 Å². The number of allylic oxidation sites excluding steroid dienone is 1. The monoisotopic (exact) mass is 494 g/mol. The third-order valence-corrected chi connectivity index (χ3v) is 6.23. The van der Waals surface area contributed by atoms with E-state index in [4.69, 9.17) is 15.2 Å². The largest absolute Gasteiger partial charge is 0.462 e. The van der Waals surface area contributed by atoms with Gasteiger partial charge in [0.15, 0.2) is 11.5 Å². The summed E-state index contributed by atoms with van der Waals surface area (Å²) in [5, 5.41) is 2.71. The summed E-state index contributed by atoms with van der Waals surface area (Å²) in [6.07, 6.45) is 0. The number of nitrogens with one attached hydrogen (secondary N) is 1. The molecule has 1 amide bonds. The van der Waals surface area contributed by atoms with E-state index in [-0.39, 0.29) is 34.6 Å². The molecule has 1 atom stereocenters. The van der Waals surface area contributed by atoms with E-state index in [1.807, 2.05) is 0 Å².